The minimum Gasteiger partial charge on any atom is -0.508 e. The van der Waals surface area contributed by atoms with E-state index in [1.807, 2.05) is 19.1 Å². The van der Waals surface area contributed by atoms with Crippen LogP contribution in [0.15, 0.2) is 121 Å². The van der Waals surface area contributed by atoms with Crippen LogP contribution < -0.4 is 69.4 Å². The molecule has 0 aliphatic carbocycles. The lowest BCUT2D eigenvalue weighted by Crippen LogP contribution is -2.63. The fourth-order valence-corrected chi connectivity index (χ4v) is 20.0. The number of anilines is 1. The van der Waals surface area contributed by atoms with Crippen LogP contribution in [0.1, 0.15) is 109 Å². The molecule has 124 heavy (non-hydrogen) atoms. The second-order valence-electron chi connectivity index (χ2n) is 32.1. The summed E-state index contributed by atoms with van der Waals surface area (Å²) in [5, 5.41) is 55.9. The molecular formula is C85H113ClN14O20S4. The molecule has 3 saturated heterocycles. The number of nitrogens with zero attached hydrogens (tertiary/aromatic N) is 2. The van der Waals surface area contributed by atoms with E-state index in [-0.39, 0.29) is 91.0 Å². The van der Waals surface area contributed by atoms with Gasteiger partial charge in [0.15, 0.2) is 5.72 Å². The molecule has 4 aliphatic heterocycles. The monoisotopic (exact) mass is 1810 g/mol. The number of aromatic hydroxyl groups is 1. The highest BCUT2D eigenvalue weighted by molar-refractivity contribution is 8.77. The number of halogens is 1. The predicted octanol–water partition coefficient (Wildman–Crippen LogP) is 4.09. The number of phenolic OH excluding ortho intramolecular Hbond substituents is 1. The number of epoxide rings is 1. The molecule has 34 nitrogen and oxygen atoms in total. The molecule has 674 valence electrons. The number of phenols is 1. The molecule has 9 rings (SSSR count). The molecule has 39 heteroatoms. The number of methoxy groups -OCH3 is 2. The Hall–Kier alpha value is -9.61. The summed E-state index contributed by atoms with van der Waals surface area (Å²) in [6, 6.07) is 11.9. The number of esters is 1. The predicted molar refractivity (Wildman–Crippen MR) is 474 cm³/mol. The number of hydrogen-bond donors (Lipinski definition) is 15. The van der Waals surface area contributed by atoms with Crippen molar-refractivity contribution in [1.29, 1.82) is 0 Å². The molecule has 1 aromatic heterocycles. The van der Waals surface area contributed by atoms with Crippen LogP contribution >= 0.6 is 54.8 Å². The van der Waals surface area contributed by atoms with Gasteiger partial charge >= 0.3 is 12.1 Å². The normalized spacial score (nSPS) is 26.4. The average Bonchev–Trinajstić information content (AvgIpc) is 1.57. The Morgan fingerprint density at radius 3 is 2.19 bits per heavy atom. The lowest BCUT2D eigenvalue weighted by molar-refractivity contribution is -0.162. The highest BCUT2D eigenvalue weighted by Crippen LogP contribution is 2.50. The van der Waals surface area contributed by atoms with Crippen molar-refractivity contribution in [3.63, 3.8) is 0 Å². The van der Waals surface area contributed by atoms with Crippen LogP contribution in [0.25, 0.3) is 10.9 Å². The van der Waals surface area contributed by atoms with Crippen molar-refractivity contribution >= 4 is 143 Å². The van der Waals surface area contributed by atoms with Crippen LogP contribution in [-0.2, 0) is 97.4 Å². The number of benzene rings is 4. The number of primary amides is 1. The average molecular weight is 1810 g/mol. The van der Waals surface area contributed by atoms with Crippen LogP contribution in [0.5, 0.6) is 11.5 Å². The number of H-pyrrole nitrogens is 1. The standard InChI is InChI=1S/C85H113ClN14O20S4/c1-45-20-19-26-65(117-11)85(115)41-64(118-82(114)98-85)46(2)72-84(7,120-72)66(40-68(104)100(9)62-37-51(34-45)38-63(116-10)69(62)86)119-81(113)47(3)99(8)67(103)31-33-121-124-83(5,6)71(73(89)105)97-79(111)61-44-123-122-43-60(94-74(106)55(88)35-49-21-13-12-14-22-49)78(110)92-58(36-50-27-29-53(102)30-28-50)76(108)93-59(39-52-42-90-56-24-16-15-23-54(52)56)77(109)91-57(25-17-18-32-87)75(107)96-70(48(4)101)80(112)95-61/h12-16,19-24,26-30,37-38,42,46-48,55,57-61,64-66,70-72,90,101-102,115H,17-18,25,31-36,39-41,43-44,87-88H2,1-11H3,(H2,89,105)(H,91,109)(H,92,110)(H,93,108)(H,94,106)(H,95,112)(H,96,107)(H,97,111)(H,98,114)/b26-19+,45-20+/t46-,47+,48-,55-,57+,58+,59-,60+,61+,64+,65-,66+,70+,71-,72+,84-,85+/m1/s1. The van der Waals surface area contributed by atoms with Crippen LogP contribution in [0.2, 0.25) is 5.02 Å². The summed E-state index contributed by atoms with van der Waals surface area (Å²) < 4.78 is 28.4. The summed E-state index contributed by atoms with van der Waals surface area (Å²) in [6.07, 6.45) is -0.341. The number of ether oxygens (including phenoxy) is 5. The zero-order chi connectivity index (χ0) is 90.7. The number of amides is 11. The number of aromatic amines is 1. The van der Waals surface area contributed by atoms with E-state index in [9.17, 15) is 53.7 Å². The van der Waals surface area contributed by atoms with Gasteiger partial charge in [0.25, 0.3) is 0 Å². The van der Waals surface area contributed by atoms with E-state index in [4.69, 9.17) is 52.5 Å². The number of nitrogens with two attached hydrogens (primary N) is 3. The van der Waals surface area contributed by atoms with Crippen LogP contribution in [0, 0.1) is 5.92 Å². The fourth-order valence-electron chi connectivity index (χ4n) is 14.7. The smallest absolute Gasteiger partial charge is 0.409 e. The van der Waals surface area contributed by atoms with Crippen molar-refractivity contribution in [2.75, 3.05) is 57.0 Å². The summed E-state index contributed by atoms with van der Waals surface area (Å²) in [5.74, 6) is -10.7. The molecule has 3 fully saturated rings. The van der Waals surface area contributed by atoms with Gasteiger partial charge in [-0.15, -0.1) is 0 Å². The molecule has 4 aliphatic rings. The van der Waals surface area contributed by atoms with E-state index >= 15 is 19.2 Å². The Morgan fingerprint density at radius 1 is 0.855 bits per heavy atom. The number of rotatable bonds is 27. The molecule has 17 atom stereocenters. The third kappa shape index (κ3) is 26.0. The van der Waals surface area contributed by atoms with Crippen molar-refractivity contribution in [1.82, 2.24) is 52.4 Å². The number of hydrogen-bond acceptors (Lipinski definition) is 26. The first-order valence-corrected chi connectivity index (χ1v) is 45.8. The number of carbonyl (C=O) groups excluding carboxylic acids is 12. The van der Waals surface area contributed by atoms with Gasteiger partial charge in [-0.25, -0.2) is 9.59 Å². The molecular weight excluding hydrogens is 1700 g/mol. The first-order valence-electron chi connectivity index (χ1n) is 40.6. The Bertz CT molecular complexity index is 4720. The SMILES string of the molecule is COc1cc2cc(c1Cl)N(C)C(=O)C[C@H](OC(=O)[C@H](C)N(C)C(=O)CCSSC(C)(C)[C@H](NC(=O)[C@@H]1CSSC[C@H](NC(=O)[C@H](N)Cc3ccccc3)C(=O)N[C@@H](Cc3ccc(O)cc3)C(=O)N[C@H](Cc3c[nH]c4ccccc34)C(=O)N[C@@H](CCCCN)C(=O)N[C@@H]([C@@H](C)O)C(=O)N1)C(N)=O)[C@@]1(C)O[C@H]1[C@H](C)[C@@H]1C[C@@](O)(NC(=O)O1)[C@H](OC)/C=C/C=C(\C)C2. The number of likely N-dealkylation sites (N-methyl/N-ethyl adjacent to an activating group) is 1. The molecule has 0 spiro atoms. The van der Waals surface area contributed by atoms with Crippen LogP contribution in [-0.4, -0.2) is 249 Å². The number of aliphatic hydroxyl groups is 2. The number of aromatic nitrogens is 1. The number of fused-ring (bicyclic) bond motifs is 6. The maximum atomic E-state index is 15.1. The van der Waals surface area contributed by atoms with Crippen molar-refractivity contribution < 1.29 is 96.5 Å². The van der Waals surface area contributed by atoms with Gasteiger partial charge in [0.2, 0.25) is 59.1 Å². The van der Waals surface area contributed by atoms with E-state index < -0.39 is 184 Å². The van der Waals surface area contributed by atoms with Crippen molar-refractivity contribution in [2.24, 2.45) is 23.1 Å². The largest absolute Gasteiger partial charge is 0.508 e. The van der Waals surface area contributed by atoms with Gasteiger partial charge < -0.3 is 108 Å². The third-order valence-corrected chi connectivity index (χ3v) is 28.4. The molecule has 4 bridgehead atoms. The summed E-state index contributed by atoms with van der Waals surface area (Å²) in [7, 11) is 9.76. The number of aliphatic hydroxyl groups excluding tert-OH is 1. The fraction of sp³-hybridized carbons (Fsp3) is 0.506. The van der Waals surface area contributed by atoms with Crippen molar-refractivity contribution in [3.05, 3.63) is 148 Å². The first kappa shape index (κ1) is 98.2. The van der Waals surface area contributed by atoms with Gasteiger partial charge in [-0.05, 0) is 133 Å². The van der Waals surface area contributed by atoms with E-state index in [1.54, 1.807) is 107 Å². The van der Waals surface area contributed by atoms with Crippen molar-refractivity contribution in [2.45, 2.75) is 214 Å². The third-order valence-electron chi connectivity index (χ3n) is 22.3. The number of nitrogens with one attached hydrogen (secondary N) is 9. The maximum Gasteiger partial charge on any atom is 0.409 e. The Kier molecular flexibility index (Phi) is 35.2. The van der Waals surface area contributed by atoms with Crippen LogP contribution in [0.3, 0.4) is 0 Å². The summed E-state index contributed by atoms with van der Waals surface area (Å²) in [4.78, 5) is 180. The minimum absolute atomic E-state index is 0.0441. The Labute approximate surface area is 740 Å². The molecule has 0 saturated carbocycles. The number of para-hydroxylation sites is 1. The zero-order valence-corrected chi connectivity index (χ0v) is 75.0. The van der Waals surface area contributed by atoms with Gasteiger partial charge in [0.05, 0.1) is 37.5 Å². The quantitative estimate of drug-likeness (QED) is 0.0152. The second kappa shape index (κ2) is 44.5. The molecule has 0 radical (unpaired) electrons. The van der Waals surface area contributed by atoms with E-state index in [1.165, 1.54) is 71.3 Å². The summed E-state index contributed by atoms with van der Waals surface area (Å²) in [5.41, 5.74) is 19.4. The van der Waals surface area contributed by atoms with Gasteiger partial charge in [-0.2, -0.15) is 0 Å². The van der Waals surface area contributed by atoms with Gasteiger partial charge in [0.1, 0.15) is 88.8 Å². The second-order valence-corrected chi connectivity index (χ2v) is 38.1. The lowest BCUT2D eigenvalue weighted by Gasteiger charge is -2.42. The summed E-state index contributed by atoms with van der Waals surface area (Å²) >= 11 is 6.90. The molecule has 5 heterocycles. The molecule has 18 N–H and O–H groups in total. The van der Waals surface area contributed by atoms with E-state index in [0.717, 1.165) is 53.6 Å². The maximum absolute atomic E-state index is 15.1. The number of carbonyl (C=O) groups is 12. The minimum atomic E-state index is -1.96. The van der Waals surface area contributed by atoms with Gasteiger partial charge in [-0.3, -0.25) is 53.3 Å². The molecule has 0 unspecified atom stereocenters. The first-order chi connectivity index (χ1) is 58.8. The van der Waals surface area contributed by atoms with E-state index in [0.29, 0.717) is 46.0 Å². The Balaban J connectivity index is 0.931. The number of allylic oxidation sites excluding steroid dienone is 3. The molecule has 5 aromatic rings. The Morgan fingerprint density at radius 2 is 1.52 bits per heavy atom. The van der Waals surface area contributed by atoms with Gasteiger partial charge in [-0.1, -0.05) is 146 Å². The zero-order valence-electron chi connectivity index (χ0n) is 70.9. The van der Waals surface area contributed by atoms with E-state index in [2.05, 4.69) is 47.5 Å². The summed E-state index contributed by atoms with van der Waals surface area (Å²) in [6.45, 7) is 11.2. The highest BCUT2D eigenvalue weighted by Gasteiger charge is 2.65. The van der Waals surface area contributed by atoms with Gasteiger partial charge in [0, 0.05) is 91.9 Å². The highest BCUT2D eigenvalue weighted by atomic mass is 35.5. The molecule has 11 amide bonds. The topological polar surface area (TPSA) is 512 Å². The number of unbranched alkanes of at least 4 members (excludes halogenated alkanes) is 1. The lowest BCUT2D eigenvalue weighted by atomic mass is 9.83. The number of alkyl carbamates (subject to hydrolysis) is 1. The van der Waals surface area contributed by atoms with Crippen LogP contribution in [0.4, 0.5) is 10.5 Å². The molecule has 4 aromatic carbocycles. The van der Waals surface area contributed by atoms with Crippen molar-refractivity contribution in [3.8, 4) is 11.5 Å².